The number of benzene rings is 2. The van der Waals surface area contributed by atoms with E-state index in [1.165, 1.54) is 0 Å². The maximum absolute atomic E-state index is 12.3. The summed E-state index contributed by atoms with van der Waals surface area (Å²) in [7, 11) is 1.73. The second-order valence-corrected chi connectivity index (χ2v) is 5.43. The standard InChI is InChI=1S/C15H14Cl2N2O/c1-19(9-10-2-4-12(16)5-3-10)15(20)11-6-13(17)8-14(18)7-11/h2-8H,9,18H2,1H3. The summed E-state index contributed by atoms with van der Waals surface area (Å²) in [5.74, 6) is -0.130. The first kappa shape index (κ1) is 14.7. The molecule has 2 rings (SSSR count). The van der Waals surface area contributed by atoms with E-state index in [1.807, 2.05) is 12.1 Å². The van der Waals surface area contributed by atoms with Gasteiger partial charge in [0, 0.05) is 34.9 Å². The van der Waals surface area contributed by atoms with Crippen LogP contribution in [0, 0.1) is 0 Å². The predicted octanol–water partition coefficient (Wildman–Crippen LogP) is 3.85. The number of nitrogen functional groups attached to an aromatic ring is 1. The van der Waals surface area contributed by atoms with E-state index in [2.05, 4.69) is 0 Å². The van der Waals surface area contributed by atoms with Crippen LogP contribution in [0.2, 0.25) is 10.0 Å². The molecule has 20 heavy (non-hydrogen) atoms. The fourth-order valence-electron chi connectivity index (χ4n) is 1.89. The van der Waals surface area contributed by atoms with Crippen LogP contribution in [0.3, 0.4) is 0 Å². The predicted molar refractivity (Wildman–Crippen MR) is 83.1 cm³/mol. The van der Waals surface area contributed by atoms with Gasteiger partial charge in [0.05, 0.1) is 0 Å². The average molecular weight is 309 g/mol. The minimum absolute atomic E-state index is 0.130. The van der Waals surface area contributed by atoms with Crippen molar-refractivity contribution >= 4 is 34.8 Å². The van der Waals surface area contributed by atoms with E-state index < -0.39 is 0 Å². The van der Waals surface area contributed by atoms with E-state index in [0.29, 0.717) is 27.8 Å². The molecule has 3 nitrogen and oxygen atoms in total. The van der Waals surface area contributed by atoms with E-state index in [0.717, 1.165) is 5.56 Å². The van der Waals surface area contributed by atoms with Crippen LogP contribution in [-0.4, -0.2) is 17.9 Å². The van der Waals surface area contributed by atoms with Crippen LogP contribution in [0.1, 0.15) is 15.9 Å². The maximum atomic E-state index is 12.3. The third-order valence-corrected chi connectivity index (χ3v) is 3.32. The summed E-state index contributed by atoms with van der Waals surface area (Å²) in [6.45, 7) is 0.489. The number of rotatable bonds is 3. The summed E-state index contributed by atoms with van der Waals surface area (Å²) in [4.78, 5) is 13.9. The van der Waals surface area contributed by atoms with Gasteiger partial charge in [0.1, 0.15) is 0 Å². The molecule has 0 fully saturated rings. The van der Waals surface area contributed by atoms with Gasteiger partial charge in [-0.15, -0.1) is 0 Å². The SMILES string of the molecule is CN(Cc1ccc(Cl)cc1)C(=O)c1cc(N)cc(Cl)c1. The number of hydrogen-bond donors (Lipinski definition) is 1. The topological polar surface area (TPSA) is 46.3 Å². The highest BCUT2D eigenvalue weighted by Crippen LogP contribution is 2.18. The normalized spacial score (nSPS) is 10.3. The van der Waals surface area contributed by atoms with E-state index in [4.69, 9.17) is 28.9 Å². The Morgan fingerprint density at radius 3 is 2.35 bits per heavy atom. The lowest BCUT2D eigenvalue weighted by molar-refractivity contribution is 0.0785. The van der Waals surface area contributed by atoms with Crippen molar-refractivity contribution in [2.75, 3.05) is 12.8 Å². The molecule has 0 spiro atoms. The second-order valence-electron chi connectivity index (χ2n) is 4.56. The quantitative estimate of drug-likeness (QED) is 0.875. The molecule has 104 valence electrons. The monoisotopic (exact) mass is 308 g/mol. The van der Waals surface area contributed by atoms with Crippen molar-refractivity contribution in [3.63, 3.8) is 0 Å². The molecule has 0 bridgehead atoms. The van der Waals surface area contributed by atoms with Crippen LogP contribution >= 0.6 is 23.2 Å². The first-order chi connectivity index (χ1) is 9.45. The van der Waals surface area contributed by atoms with Crippen molar-refractivity contribution in [1.29, 1.82) is 0 Å². The molecule has 0 radical (unpaired) electrons. The molecule has 0 unspecified atom stereocenters. The smallest absolute Gasteiger partial charge is 0.254 e. The van der Waals surface area contributed by atoms with Gasteiger partial charge >= 0.3 is 0 Å². The van der Waals surface area contributed by atoms with E-state index in [1.54, 1.807) is 42.3 Å². The Hall–Kier alpha value is -1.71. The van der Waals surface area contributed by atoms with Gasteiger partial charge in [-0.3, -0.25) is 4.79 Å². The molecule has 0 aliphatic heterocycles. The molecule has 0 aliphatic rings. The molecule has 0 saturated carbocycles. The molecular formula is C15H14Cl2N2O. The molecule has 0 atom stereocenters. The van der Waals surface area contributed by atoms with Crippen molar-refractivity contribution in [2.45, 2.75) is 6.54 Å². The fourth-order valence-corrected chi connectivity index (χ4v) is 2.26. The largest absolute Gasteiger partial charge is 0.399 e. The van der Waals surface area contributed by atoms with Crippen molar-refractivity contribution in [3.05, 3.63) is 63.6 Å². The molecule has 0 heterocycles. The van der Waals surface area contributed by atoms with Gasteiger partial charge in [0.15, 0.2) is 0 Å². The Bertz CT molecular complexity index is 606. The summed E-state index contributed by atoms with van der Waals surface area (Å²) >= 11 is 11.7. The number of nitrogens with zero attached hydrogens (tertiary/aromatic N) is 1. The summed E-state index contributed by atoms with van der Waals surface area (Å²) < 4.78 is 0. The third kappa shape index (κ3) is 3.65. The highest BCUT2D eigenvalue weighted by atomic mass is 35.5. The van der Waals surface area contributed by atoms with Crippen LogP contribution in [0.5, 0.6) is 0 Å². The molecule has 0 saturated heterocycles. The van der Waals surface area contributed by atoms with Crippen molar-refractivity contribution in [3.8, 4) is 0 Å². The third-order valence-electron chi connectivity index (χ3n) is 2.85. The molecular weight excluding hydrogens is 295 g/mol. The molecule has 1 amide bonds. The average Bonchev–Trinajstić information content (AvgIpc) is 2.39. The minimum Gasteiger partial charge on any atom is -0.399 e. The van der Waals surface area contributed by atoms with Crippen LogP contribution in [-0.2, 0) is 6.54 Å². The Balaban J connectivity index is 2.14. The Morgan fingerprint density at radius 1 is 1.10 bits per heavy atom. The van der Waals surface area contributed by atoms with Crippen molar-refractivity contribution < 1.29 is 4.79 Å². The zero-order valence-corrected chi connectivity index (χ0v) is 12.4. The van der Waals surface area contributed by atoms with Crippen molar-refractivity contribution in [2.24, 2.45) is 0 Å². The number of amides is 1. The Morgan fingerprint density at radius 2 is 1.75 bits per heavy atom. The van der Waals surface area contributed by atoms with Gasteiger partial charge in [-0.1, -0.05) is 35.3 Å². The summed E-state index contributed by atoms with van der Waals surface area (Å²) in [6, 6.07) is 12.2. The maximum Gasteiger partial charge on any atom is 0.254 e. The van der Waals surface area contributed by atoms with Gasteiger partial charge in [-0.25, -0.2) is 0 Å². The van der Waals surface area contributed by atoms with Gasteiger partial charge in [-0.2, -0.15) is 0 Å². The molecule has 0 aromatic heterocycles. The number of hydrogen-bond acceptors (Lipinski definition) is 2. The van der Waals surface area contributed by atoms with Gasteiger partial charge < -0.3 is 10.6 Å². The summed E-state index contributed by atoms with van der Waals surface area (Å²) in [6.07, 6.45) is 0. The number of nitrogens with two attached hydrogens (primary N) is 1. The summed E-state index contributed by atoms with van der Waals surface area (Å²) in [5.41, 5.74) is 7.65. The van der Waals surface area contributed by atoms with Crippen LogP contribution in [0.15, 0.2) is 42.5 Å². The lowest BCUT2D eigenvalue weighted by Gasteiger charge is -2.18. The van der Waals surface area contributed by atoms with Gasteiger partial charge in [0.25, 0.3) is 5.91 Å². The lowest BCUT2D eigenvalue weighted by Crippen LogP contribution is -2.26. The first-order valence-corrected chi connectivity index (χ1v) is 6.77. The Labute approximate surface area is 127 Å². The first-order valence-electron chi connectivity index (χ1n) is 6.01. The van der Waals surface area contributed by atoms with Gasteiger partial charge in [-0.05, 0) is 35.9 Å². The zero-order chi connectivity index (χ0) is 14.7. The molecule has 2 aromatic rings. The molecule has 2 aromatic carbocycles. The fraction of sp³-hybridized carbons (Fsp3) is 0.133. The molecule has 5 heteroatoms. The lowest BCUT2D eigenvalue weighted by atomic mass is 10.1. The van der Waals surface area contributed by atoms with Crippen molar-refractivity contribution in [1.82, 2.24) is 4.90 Å². The van der Waals surface area contributed by atoms with E-state index in [-0.39, 0.29) is 5.91 Å². The zero-order valence-electron chi connectivity index (χ0n) is 10.9. The highest BCUT2D eigenvalue weighted by molar-refractivity contribution is 6.31. The minimum atomic E-state index is -0.130. The summed E-state index contributed by atoms with van der Waals surface area (Å²) in [5, 5.41) is 1.12. The van der Waals surface area contributed by atoms with Crippen LogP contribution in [0.25, 0.3) is 0 Å². The second kappa shape index (κ2) is 6.16. The molecule has 0 aliphatic carbocycles. The van der Waals surface area contributed by atoms with Gasteiger partial charge in [0.2, 0.25) is 0 Å². The number of halogens is 2. The highest BCUT2D eigenvalue weighted by Gasteiger charge is 2.13. The number of anilines is 1. The Kier molecular flexibility index (Phi) is 4.53. The van der Waals surface area contributed by atoms with Crippen LogP contribution < -0.4 is 5.73 Å². The number of carbonyl (C=O) groups is 1. The number of carbonyl (C=O) groups excluding carboxylic acids is 1. The van der Waals surface area contributed by atoms with E-state index >= 15 is 0 Å². The van der Waals surface area contributed by atoms with E-state index in [9.17, 15) is 4.79 Å². The van der Waals surface area contributed by atoms with Crippen LogP contribution in [0.4, 0.5) is 5.69 Å². The molecule has 2 N–H and O–H groups in total.